The Hall–Kier alpha value is -1.13. The van der Waals surface area contributed by atoms with Crippen LogP contribution in [0.25, 0.3) is 0 Å². The lowest BCUT2D eigenvalue weighted by Gasteiger charge is -2.26. The van der Waals surface area contributed by atoms with Crippen LogP contribution in [-0.2, 0) is 6.42 Å². The van der Waals surface area contributed by atoms with E-state index < -0.39 is 0 Å². The van der Waals surface area contributed by atoms with Crippen LogP contribution in [0, 0.1) is 0 Å². The monoisotopic (exact) mass is 335 g/mol. The zero-order chi connectivity index (χ0) is 14.5. The second-order valence-corrected chi connectivity index (χ2v) is 5.98. The van der Waals surface area contributed by atoms with Gasteiger partial charge in [0.1, 0.15) is 5.82 Å². The van der Waals surface area contributed by atoms with Gasteiger partial charge in [0, 0.05) is 29.3 Å². The highest BCUT2D eigenvalue weighted by Gasteiger charge is 2.22. The number of hydrogen-bond donors (Lipinski definition) is 1. The van der Waals surface area contributed by atoms with E-state index in [1.54, 1.807) is 0 Å². The zero-order valence-corrected chi connectivity index (χ0v) is 13.7. The van der Waals surface area contributed by atoms with Gasteiger partial charge in [-0.05, 0) is 30.5 Å². The third kappa shape index (κ3) is 3.30. The van der Waals surface area contributed by atoms with Crippen molar-refractivity contribution >= 4 is 15.9 Å². The molecule has 2 atom stereocenters. The minimum Gasteiger partial charge on any atom is -0.326 e. The number of nitrogens with two attached hydrogens (primary N) is 1. The fraction of sp³-hybridized carbons (Fsp3) is 0.438. The second-order valence-electron chi connectivity index (χ2n) is 5.07. The third-order valence-corrected chi connectivity index (χ3v) is 4.14. The standard InChI is InChI=1S/C16H22BrN3/c1-3-5-15-19-10-11-20(15)16(14(18)4-2)12-6-8-13(17)9-7-12/h6-11,14,16H,3-5,18H2,1-2H3. The predicted octanol–water partition coefficient (Wildman–Crippen LogP) is 3.92. The van der Waals surface area contributed by atoms with Crippen LogP contribution >= 0.6 is 15.9 Å². The lowest BCUT2D eigenvalue weighted by Crippen LogP contribution is -2.33. The van der Waals surface area contributed by atoms with Crippen molar-refractivity contribution in [2.75, 3.05) is 0 Å². The molecule has 0 aliphatic heterocycles. The van der Waals surface area contributed by atoms with Crippen molar-refractivity contribution in [3.8, 4) is 0 Å². The van der Waals surface area contributed by atoms with Gasteiger partial charge in [-0.2, -0.15) is 0 Å². The molecule has 0 bridgehead atoms. The summed E-state index contributed by atoms with van der Waals surface area (Å²) in [5.41, 5.74) is 7.62. The minimum atomic E-state index is 0.0842. The molecule has 0 fully saturated rings. The van der Waals surface area contributed by atoms with Crippen molar-refractivity contribution in [1.29, 1.82) is 0 Å². The molecule has 2 rings (SSSR count). The highest BCUT2D eigenvalue weighted by Crippen LogP contribution is 2.26. The molecule has 0 radical (unpaired) electrons. The summed E-state index contributed by atoms with van der Waals surface area (Å²) >= 11 is 3.49. The SMILES string of the molecule is CCCc1nccn1C(c1ccc(Br)cc1)C(N)CC. The molecule has 2 aromatic rings. The number of hydrogen-bond acceptors (Lipinski definition) is 2. The summed E-state index contributed by atoms with van der Waals surface area (Å²) in [6.07, 6.45) is 6.93. The molecule has 3 nitrogen and oxygen atoms in total. The molecule has 0 aliphatic rings. The molecule has 4 heteroatoms. The smallest absolute Gasteiger partial charge is 0.109 e. The Morgan fingerprint density at radius 1 is 1.25 bits per heavy atom. The zero-order valence-electron chi connectivity index (χ0n) is 12.1. The van der Waals surface area contributed by atoms with Gasteiger partial charge in [0.25, 0.3) is 0 Å². The number of rotatable bonds is 6. The van der Waals surface area contributed by atoms with Crippen molar-refractivity contribution in [3.63, 3.8) is 0 Å². The summed E-state index contributed by atoms with van der Waals surface area (Å²) in [5.74, 6) is 1.12. The third-order valence-electron chi connectivity index (χ3n) is 3.61. The first-order chi connectivity index (χ1) is 9.67. The largest absolute Gasteiger partial charge is 0.326 e. The molecule has 0 aliphatic carbocycles. The summed E-state index contributed by atoms with van der Waals surface area (Å²) in [5, 5.41) is 0. The lowest BCUT2D eigenvalue weighted by atomic mass is 9.97. The summed E-state index contributed by atoms with van der Waals surface area (Å²) in [6, 6.07) is 8.65. The van der Waals surface area contributed by atoms with Crippen LogP contribution in [0.3, 0.4) is 0 Å². The highest BCUT2D eigenvalue weighted by molar-refractivity contribution is 9.10. The molecular formula is C16H22BrN3. The molecule has 0 saturated heterocycles. The van der Waals surface area contributed by atoms with E-state index in [-0.39, 0.29) is 12.1 Å². The molecule has 0 saturated carbocycles. The van der Waals surface area contributed by atoms with Crippen molar-refractivity contribution in [2.45, 2.75) is 45.2 Å². The molecular weight excluding hydrogens is 314 g/mol. The first-order valence-electron chi connectivity index (χ1n) is 7.20. The van der Waals surface area contributed by atoms with E-state index in [2.05, 4.69) is 63.6 Å². The number of nitrogens with zero attached hydrogens (tertiary/aromatic N) is 2. The van der Waals surface area contributed by atoms with Crippen molar-refractivity contribution in [1.82, 2.24) is 9.55 Å². The average Bonchev–Trinajstić information content (AvgIpc) is 2.89. The molecule has 20 heavy (non-hydrogen) atoms. The van der Waals surface area contributed by atoms with Crippen LogP contribution in [0.5, 0.6) is 0 Å². The van der Waals surface area contributed by atoms with Crippen LogP contribution < -0.4 is 5.73 Å². The van der Waals surface area contributed by atoms with Gasteiger partial charge in [0.2, 0.25) is 0 Å². The number of benzene rings is 1. The van der Waals surface area contributed by atoms with Crippen molar-refractivity contribution in [3.05, 3.63) is 52.5 Å². The minimum absolute atomic E-state index is 0.0842. The summed E-state index contributed by atoms with van der Waals surface area (Å²) in [4.78, 5) is 4.48. The molecule has 0 spiro atoms. The van der Waals surface area contributed by atoms with Crippen LogP contribution in [0.15, 0.2) is 41.1 Å². The first-order valence-corrected chi connectivity index (χ1v) is 7.99. The van der Waals surface area contributed by atoms with Gasteiger partial charge in [-0.1, -0.05) is 41.9 Å². The van der Waals surface area contributed by atoms with Gasteiger partial charge in [0.15, 0.2) is 0 Å². The van der Waals surface area contributed by atoms with Gasteiger partial charge in [-0.15, -0.1) is 0 Å². The maximum Gasteiger partial charge on any atom is 0.109 e. The van der Waals surface area contributed by atoms with Gasteiger partial charge < -0.3 is 10.3 Å². The van der Waals surface area contributed by atoms with E-state index >= 15 is 0 Å². The Morgan fingerprint density at radius 3 is 2.55 bits per heavy atom. The fourth-order valence-corrected chi connectivity index (χ4v) is 2.78. The predicted molar refractivity (Wildman–Crippen MR) is 86.8 cm³/mol. The van der Waals surface area contributed by atoms with Crippen molar-refractivity contribution < 1.29 is 0 Å². The van der Waals surface area contributed by atoms with E-state index in [0.717, 1.165) is 29.6 Å². The second kappa shape index (κ2) is 7.04. The number of halogens is 1. The quantitative estimate of drug-likeness (QED) is 0.869. The van der Waals surface area contributed by atoms with Crippen LogP contribution in [0.2, 0.25) is 0 Å². The summed E-state index contributed by atoms with van der Waals surface area (Å²) < 4.78 is 3.32. The highest BCUT2D eigenvalue weighted by atomic mass is 79.9. The molecule has 2 unspecified atom stereocenters. The number of imidazole rings is 1. The van der Waals surface area contributed by atoms with Crippen LogP contribution in [0.1, 0.15) is 44.1 Å². The summed E-state index contributed by atoms with van der Waals surface area (Å²) in [7, 11) is 0. The Balaban J connectivity index is 2.41. The molecule has 0 amide bonds. The lowest BCUT2D eigenvalue weighted by molar-refractivity contribution is 0.445. The van der Waals surface area contributed by atoms with E-state index in [1.807, 2.05) is 12.4 Å². The summed E-state index contributed by atoms with van der Waals surface area (Å²) in [6.45, 7) is 4.31. The maximum atomic E-state index is 6.38. The Kier molecular flexibility index (Phi) is 5.38. The van der Waals surface area contributed by atoms with Gasteiger partial charge in [-0.3, -0.25) is 0 Å². The fourth-order valence-electron chi connectivity index (χ4n) is 2.51. The Labute approximate surface area is 129 Å². The average molecular weight is 336 g/mol. The van der Waals surface area contributed by atoms with Crippen molar-refractivity contribution in [2.24, 2.45) is 5.73 Å². The Bertz CT molecular complexity index is 533. The Morgan fingerprint density at radius 2 is 1.95 bits per heavy atom. The van der Waals surface area contributed by atoms with Crippen LogP contribution in [0.4, 0.5) is 0 Å². The first kappa shape index (κ1) is 15.3. The topological polar surface area (TPSA) is 43.8 Å². The molecule has 1 heterocycles. The molecule has 1 aromatic heterocycles. The molecule has 108 valence electrons. The molecule has 1 aromatic carbocycles. The van der Waals surface area contributed by atoms with Gasteiger partial charge in [-0.25, -0.2) is 4.98 Å². The van der Waals surface area contributed by atoms with E-state index in [9.17, 15) is 0 Å². The van der Waals surface area contributed by atoms with E-state index in [4.69, 9.17) is 5.73 Å². The van der Waals surface area contributed by atoms with E-state index in [0.29, 0.717) is 0 Å². The van der Waals surface area contributed by atoms with Gasteiger partial charge in [0.05, 0.1) is 6.04 Å². The maximum absolute atomic E-state index is 6.38. The normalized spacial score (nSPS) is 14.2. The number of aryl methyl sites for hydroxylation is 1. The number of aromatic nitrogens is 2. The molecule has 2 N–H and O–H groups in total. The van der Waals surface area contributed by atoms with Gasteiger partial charge >= 0.3 is 0 Å². The van der Waals surface area contributed by atoms with E-state index in [1.165, 1.54) is 5.56 Å². The van der Waals surface area contributed by atoms with Crippen LogP contribution in [-0.4, -0.2) is 15.6 Å².